The summed E-state index contributed by atoms with van der Waals surface area (Å²) in [5.41, 5.74) is 0.954. The summed E-state index contributed by atoms with van der Waals surface area (Å²) in [4.78, 5) is 12.3. The number of sulfone groups is 1. The van der Waals surface area contributed by atoms with Crippen LogP contribution in [0.25, 0.3) is 0 Å². The van der Waals surface area contributed by atoms with Crippen molar-refractivity contribution in [1.82, 2.24) is 0 Å². The van der Waals surface area contributed by atoms with Crippen molar-refractivity contribution in [3.05, 3.63) is 78.9 Å². The van der Waals surface area contributed by atoms with Gasteiger partial charge in [-0.1, -0.05) is 54.6 Å². The van der Waals surface area contributed by atoms with Crippen LogP contribution in [-0.2, 0) is 30.7 Å². The Balaban J connectivity index is 2.20. The molecule has 2 aromatic carbocycles. The second kappa shape index (κ2) is 9.31. The van der Waals surface area contributed by atoms with Gasteiger partial charge in [-0.25, -0.2) is 8.42 Å². The van der Waals surface area contributed by atoms with E-state index in [2.05, 4.69) is 6.58 Å². The number of methoxy groups -OCH3 is 1. The first-order chi connectivity index (χ1) is 12.5. The molecule has 138 valence electrons. The minimum Gasteiger partial charge on any atom is -0.468 e. The van der Waals surface area contributed by atoms with E-state index in [1.807, 2.05) is 30.3 Å². The van der Waals surface area contributed by atoms with Gasteiger partial charge in [-0.15, -0.1) is 6.58 Å². The van der Waals surface area contributed by atoms with Crippen molar-refractivity contribution in [3.63, 3.8) is 0 Å². The number of ether oxygens (including phenoxy) is 2. The van der Waals surface area contributed by atoms with Crippen molar-refractivity contribution in [2.45, 2.75) is 16.8 Å². The van der Waals surface area contributed by atoms with E-state index in [1.165, 1.54) is 25.3 Å². The van der Waals surface area contributed by atoms with Gasteiger partial charge in [0.15, 0.2) is 15.1 Å². The van der Waals surface area contributed by atoms with Crippen LogP contribution in [0.2, 0.25) is 0 Å². The molecule has 2 rings (SSSR count). The molecule has 0 spiro atoms. The third-order valence-corrected chi connectivity index (χ3v) is 6.09. The van der Waals surface area contributed by atoms with E-state index in [1.54, 1.807) is 18.2 Å². The first-order valence-corrected chi connectivity index (χ1v) is 9.66. The molecule has 0 bridgehead atoms. The van der Waals surface area contributed by atoms with Gasteiger partial charge in [0, 0.05) is 5.92 Å². The second-order valence-corrected chi connectivity index (χ2v) is 7.77. The summed E-state index contributed by atoms with van der Waals surface area (Å²) in [5.74, 6) is -1.57. The molecule has 0 fully saturated rings. The zero-order valence-corrected chi connectivity index (χ0v) is 15.4. The highest BCUT2D eigenvalue weighted by atomic mass is 32.2. The molecule has 6 heteroatoms. The van der Waals surface area contributed by atoms with E-state index in [4.69, 9.17) is 9.47 Å². The van der Waals surface area contributed by atoms with Gasteiger partial charge in [0.1, 0.15) is 0 Å². The third kappa shape index (κ3) is 4.80. The van der Waals surface area contributed by atoms with Crippen LogP contribution in [0.4, 0.5) is 0 Å². The molecule has 0 amide bonds. The van der Waals surface area contributed by atoms with Crippen LogP contribution in [0.15, 0.2) is 78.2 Å². The molecule has 2 atom stereocenters. The largest absolute Gasteiger partial charge is 0.468 e. The smallest absolute Gasteiger partial charge is 0.325 e. The van der Waals surface area contributed by atoms with Crippen molar-refractivity contribution in [1.29, 1.82) is 0 Å². The molecule has 5 nitrogen and oxygen atoms in total. The predicted molar refractivity (Wildman–Crippen MR) is 99.2 cm³/mol. The van der Waals surface area contributed by atoms with Crippen LogP contribution >= 0.6 is 0 Å². The lowest BCUT2D eigenvalue weighted by molar-refractivity contribution is -0.141. The van der Waals surface area contributed by atoms with E-state index < -0.39 is 27.0 Å². The number of rotatable bonds is 9. The van der Waals surface area contributed by atoms with E-state index >= 15 is 0 Å². The molecule has 0 aliphatic rings. The fourth-order valence-electron chi connectivity index (χ4n) is 2.57. The fourth-order valence-corrected chi connectivity index (χ4v) is 4.40. The molecule has 0 heterocycles. The highest BCUT2D eigenvalue weighted by Gasteiger charge is 2.40. The molecule has 0 radical (unpaired) electrons. The summed E-state index contributed by atoms with van der Waals surface area (Å²) >= 11 is 0. The van der Waals surface area contributed by atoms with Crippen molar-refractivity contribution in [2.24, 2.45) is 5.92 Å². The molecule has 0 aliphatic heterocycles. The summed E-state index contributed by atoms with van der Waals surface area (Å²) in [5, 5.41) is -1.41. The van der Waals surface area contributed by atoms with Crippen LogP contribution in [-0.4, -0.2) is 33.4 Å². The van der Waals surface area contributed by atoms with Gasteiger partial charge in [0.2, 0.25) is 0 Å². The second-order valence-electron chi connectivity index (χ2n) is 5.70. The lowest BCUT2D eigenvalue weighted by atomic mass is 10.1. The topological polar surface area (TPSA) is 69.7 Å². The highest BCUT2D eigenvalue weighted by Crippen LogP contribution is 2.24. The summed E-state index contributed by atoms with van der Waals surface area (Å²) in [6.45, 7) is 4.02. The zero-order chi connectivity index (χ0) is 19.0. The Labute approximate surface area is 154 Å². The lowest BCUT2D eigenvalue weighted by Crippen LogP contribution is -2.39. The number of carbonyl (C=O) groups excluding carboxylic acids is 1. The Morgan fingerprint density at radius 1 is 1.08 bits per heavy atom. The summed E-state index contributed by atoms with van der Waals surface area (Å²) in [7, 11) is -2.78. The van der Waals surface area contributed by atoms with Crippen LogP contribution in [0.3, 0.4) is 0 Å². The van der Waals surface area contributed by atoms with Gasteiger partial charge in [-0.05, 0) is 17.7 Å². The molecule has 0 aliphatic carbocycles. The van der Waals surface area contributed by atoms with E-state index in [-0.39, 0.29) is 11.5 Å². The van der Waals surface area contributed by atoms with Gasteiger partial charge in [-0.2, -0.15) is 0 Å². The van der Waals surface area contributed by atoms with Crippen molar-refractivity contribution >= 4 is 15.8 Å². The van der Waals surface area contributed by atoms with Gasteiger partial charge < -0.3 is 9.47 Å². The summed E-state index contributed by atoms with van der Waals surface area (Å²) < 4.78 is 36.3. The average molecular weight is 374 g/mol. The van der Waals surface area contributed by atoms with Crippen LogP contribution in [0, 0.1) is 5.92 Å². The Kier molecular flexibility index (Phi) is 7.12. The Bertz CT molecular complexity index is 816. The van der Waals surface area contributed by atoms with Crippen molar-refractivity contribution in [3.8, 4) is 0 Å². The first-order valence-electron chi connectivity index (χ1n) is 8.11. The first kappa shape index (κ1) is 19.9. The van der Waals surface area contributed by atoms with E-state index in [9.17, 15) is 13.2 Å². The van der Waals surface area contributed by atoms with Crippen LogP contribution < -0.4 is 0 Å². The quantitative estimate of drug-likeness (QED) is 0.498. The Morgan fingerprint density at radius 3 is 2.19 bits per heavy atom. The maximum atomic E-state index is 13.0. The minimum atomic E-state index is -3.94. The molecular weight excluding hydrogens is 352 g/mol. The number of benzene rings is 2. The molecular formula is C20H22O5S. The van der Waals surface area contributed by atoms with Gasteiger partial charge >= 0.3 is 5.97 Å². The van der Waals surface area contributed by atoms with E-state index in [0.717, 1.165) is 5.56 Å². The normalized spacial score (nSPS) is 13.6. The van der Waals surface area contributed by atoms with Crippen LogP contribution in [0.1, 0.15) is 5.56 Å². The average Bonchev–Trinajstić information content (AvgIpc) is 2.68. The summed E-state index contributed by atoms with van der Waals surface area (Å²) in [6, 6.07) is 17.3. The molecule has 2 aromatic rings. The number of hydrogen-bond donors (Lipinski definition) is 0. The molecule has 0 saturated carbocycles. The monoisotopic (exact) mass is 374 g/mol. The standard InChI is InChI=1S/C20H22O5S/c1-3-17(15-25-14-16-10-6-4-7-11-16)19(20(21)24-2)26(22,23)18-12-8-5-9-13-18/h3-13,17,19H,1,14-15H2,2H3/t17-,19?/m0/s1. The highest BCUT2D eigenvalue weighted by molar-refractivity contribution is 7.92. The molecule has 1 unspecified atom stereocenters. The molecule has 26 heavy (non-hydrogen) atoms. The van der Waals surface area contributed by atoms with Crippen LogP contribution in [0.5, 0.6) is 0 Å². The number of carbonyl (C=O) groups is 1. The summed E-state index contributed by atoms with van der Waals surface area (Å²) in [6.07, 6.45) is 1.42. The number of esters is 1. The SMILES string of the molecule is C=C[C@@H](COCc1ccccc1)C(C(=O)OC)S(=O)(=O)c1ccccc1. The molecule has 0 aromatic heterocycles. The van der Waals surface area contributed by atoms with Gasteiger partial charge in [0.05, 0.1) is 25.2 Å². The Morgan fingerprint density at radius 2 is 1.65 bits per heavy atom. The predicted octanol–water partition coefficient (Wildman–Crippen LogP) is 3.02. The van der Waals surface area contributed by atoms with Crippen molar-refractivity contribution in [2.75, 3.05) is 13.7 Å². The van der Waals surface area contributed by atoms with Gasteiger partial charge in [-0.3, -0.25) is 4.79 Å². The maximum absolute atomic E-state index is 13.0. The zero-order valence-electron chi connectivity index (χ0n) is 14.6. The van der Waals surface area contributed by atoms with Gasteiger partial charge in [0.25, 0.3) is 0 Å². The lowest BCUT2D eigenvalue weighted by Gasteiger charge is -2.22. The molecule has 0 saturated heterocycles. The fraction of sp³-hybridized carbons (Fsp3) is 0.250. The number of hydrogen-bond acceptors (Lipinski definition) is 5. The van der Waals surface area contributed by atoms with Crippen molar-refractivity contribution < 1.29 is 22.7 Å². The Hall–Kier alpha value is -2.44. The minimum absolute atomic E-state index is 0.0320. The third-order valence-electron chi connectivity index (χ3n) is 3.95. The van der Waals surface area contributed by atoms with E-state index in [0.29, 0.717) is 6.61 Å². The maximum Gasteiger partial charge on any atom is 0.325 e. The molecule has 0 N–H and O–H groups in total.